The predicted octanol–water partition coefficient (Wildman–Crippen LogP) is 3.74. The Morgan fingerprint density at radius 3 is 2.25 bits per heavy atom. The van der Waals surface area contributed by atoms with Crippen molar-refractivity contribution in [3.05, 3.63) is 78.8 Å². The maximum atomic E-state index is 11.8. The molecule has 0 aliphatic heterocycles. The molecule has 0 unspecified atom stereocenters. The minimum Gasteiger partial charge on any atom is -0.457 e. The Kier molecular flexibility index (Phi) is 4.72. The fourth-order valence-electron chi connectivity index (χ4n) is 2.17. The molecule has 0 fully saturated rings. The highest BCUT2D eigenvalue weighted by molar-refractivity contribution is 5.94. The lowest BCUT2D eigenvalue weighted by Gasteiger charge is -2.07. The van der Waals surface area contributed by atoms with Crippen molar-refractivity contribution in [3.63, 3.8) is 0 Å². The van der Waals surface area contributed by atoms with Crippen LogP contribution in [0.5, 0.6) is 0 Å². The lowest BCUT2D eigenvalue weighted by molar-refractivity contribution is -0.119. The molecule has 0 bridgehead atoms. The fraction of sp³-hybridized carbons (Fsp3) is 0.0526. The van der Waals surface area contributed by atoms with E-state index in [4.69, 9.17) is 9.15 Å². The third kappa shape index (κ3) is 3.89. The van der Waals surface area contributed by atoms with Crippen LogP contribution in [0.1, 0.15) is 10.6 Å². The second-order valence-electron chi connectivity index (χ2n) is 5.04. The number of hydrogen-bond donors (Lipinski definition) is 1. The van der Waals surface area contributed by atoms with Crippen molar-refractivity contribution in [2.24, 2.45) is 0 Å². The van der Waals surface area contributed by atoms with Gasteiger partial charge in [-0.05, 0) is 35.4 Å². The fourth-order valence-corrected chi connectivity index (χ4v) is 2.17. The molecule has 0 aliphatic carbocycles. The van der Waals surface area contributed by atoms with Crippen LogP contribution in [0.15, 0.2) is 77.4 Å². The number of carbonyl (C=O) groups is 2. The zero-order valence-corrected chi connectivity index (χ0v) is 12.8. The van der Waals surface area contributed by atoms with Gasteiger partial charge in [-0.3, -0.25) is 4.79 Å². The molecule has 0 aliphatic rings. The lowest BCUT2D eigenvalue weighted by atomic mass is 10.1. The average Bonchev–Trinajstić information content (AvgIpc) is 3.16. The summed E-state index contributed by atoms with van der Waals surface area (Å²) in [5, 5.41) is 2.67. The highest BCUT2D eigenvalue weighted by Crippen LogP contribution is 2.20. The second-order valence-corrected chi connectivity index (χ2v) is 5.04. The van der Waals surface area contributed by atoms with Crippen molar-refractivity contribution in [2.75, 3.05) is 11.9 Å². The van der Waals surface area contributed by atoms with Crippen molar-refractivity contribution in [3.8, 4) is 11.1 Å². The number of carbonyl (C=O) groups excluding carboxylic acids is 2. The molecule has 120 valence electrons. The van der Waals surface area contributed by atoms with Gasteiger partial charge in [0.1, 0.15) is 0 Å². The summed E-state index contributed by atoms with van der Waals surface area (Å²) in [5.41, 5.74) is 2.79. The quantitative estimate of drug-likeness (QED) is 0.727. The van der Waals surface area contributed by atoms with Gasteiger partial charge in [0.15, 0.2) is 6.61 Å². The Hall–Kier alpha value is -3.34. The molecule has 2 aromatic carbocycles. The Bertz CT molecular complexity index is 808. The number of amides is 1. The number of nitrogens with one attached hydrogen (secondary N) is 1. The smallest absolute Gasteiger partial charge is 0.374 e. The van der Waals surface area contributed by atoms with Crippen molar-refractivity contribution >= 4 is 17.6 Å². The first kappa shape index (κ1) is 15.6. The highest BCUT2D eigenvalue weighted by atomic mass is 16.5. The van der Waals surface area contributed by atoms with Gasteiger partial charge >= 0.3 is 5.97 Å². The largest absolute Gasteiger partial charge is 0.457 e. The van der Waals surface area contributed by atoms with E-state index in [0.29, 0.717) is 5.69 Å². The third-order valence-electron chi connectivity index (χ3n) is 3.33. The number of anilines is 1. The average molecular weight is 321 g/mol. The minimum absolute atomic E-state index is 0.0648. The Morgan fingerprint density at radius 1 is 0.875 bits per heavy atom. The Morgan fingerprint density at radius 2 is 1.58 bits per heavy atom. The first-order chi connectivity index (χ1) is 11.7. The molecule has 5 nitrogen and oxygen atoms in total. The second kappa shape index (κ2) is 7.28. The summed E-state index contributed by atoms with van der Waals surface area (Å²) in [7, 11) is 0. The first-order valence-electron chi connectivity index (χ1n) is 7.38. The number of hydrogen-bond acceptors (Lipinski definition) is 4. The number of esters is 1. The molecular formula is C19H15NO4. The van der Waals surface area contributed by atoms with E-state index in [0.717, 1.165) is 11.1 Å². The molecule has 5 heteroatoms. The van der Waals surface area contributed by atoms with E-state index in [-0.39, 0.29) is 12.4 Å². The molecule has 1 aromatic heterocycles. The summed E-state index contributed by atoms with van der Waals surface area (Å²) < 4.78 is 9.76. The van der Waals surface area contributed by atoms with Crippen LogP contribution in [0.25, 0.3) is 11.1 Å². The summed E-state index contributed by atoms with van der Waals surface area (Å²) in [6.07, 6.45) is 1.37. The molecule has 1 N–H and O–H groups in total. The van der Waals surface area contributed by atoms with Gasteiger partial charge in [0.2, 0.25) is 5.76 Å². The van der Waals surface area contributed by atoms with Gasteiger partial charge in [-0.2, -0.15) is 0 Å². The van der Waals surface area contributed by atoms with Crippen LogP contribution >= 0.6 is 0 Å². The van der Waals surface area contributed by atoms with Crippen LogP contribution in [-0.4, -0.2) is 18.5 Å². The monoisotopic (exact) mass is 321 g/mol. The number of furan rings is 1. The molecule has 0 spiro atoms. The van der Waals surface area contributed by atoms with Gasteiger partial charge in [0.25, 0.3) is 5.91 Å². The zero-order valence-electron chi connectivity index (χ0n) is 12.8. The van der Waals surface area contributed by atoms with Gasteiger partial charge in [0.05, 0.1) is 6.26 Å². The van der Waals surface area contributed by atoms with E-state index >= 15 is 0 Å². The number of ether oxygens (including phenoxy) is 1. The lowest BCUT2D eigenvalue weighted by Crippen LogP contribution is -2.20. The summed E-state index contributed by atoms with van der Waals surface area (Å²) in [4.78, 5) is 23.4. The standard InChI is InChI=1S/C19H15NO4/c21-18(13-24-19(22)17-7-4-12-23-17)20-16-10-8-15(9-11-16)14-5-2-1-3-6-14/h1-12H,13H2,(H,20,21). The molecular weight excluding hydrogens is 306 g/mol. The summed E-state index contributed by atoms with van der Waals surface area (Å²) in [6, 6.07) is 20.4. The number of benzene rings is 2. The summed E-state index contributed by atoms with van der Waals surface area (Å²) >= 11 is 0. The van der Waals surface area contributed by atoms with Crippen molar-refractivity contribution in [1.82, 2.24) is 0 Å². The van der Waals surface area contributed by atoms with Crippen LogP contribution in [0, 0.1) is 0 Å². The maximum Gasteiger partial charge on any atom is 0.374 e. The van der Waals surface area contributed by atoms with Crippen molar-refractivity contribution in [2.45, 2.75) is 0 Å². The first-order valence-corrected chi connectivity index (χ1v) is 7.38. The summed E-state index contributed by atoms with van der Waals surface area (Å²) in [5.74, 6) is -1.02. The van der Waals surface area contributed by atoms with Gasteiger partial charge < -0.3 is 14.5 Å². The van der Waals surface area contributed by atoms with Crippen LogP contribution < -0.4 is 5.32 Å². The molecule has 0 atom stereocenters. The number of rotatable bonds is 5. The van der Waals surface area contributed by atoms with Crippen LogP contribution in [-0.2, 0) is 9.53 Å². The van der Waals surface area contributed by atoms with Crippen molar-refractivity contribution in [1.29, 1.82) is 0 Å². The van der Waals surface area contributed by atoms with Crippen molar-refractivity contribution < 1.29 is 18.7 Å². The predicted molar refractivity (Wildman–Crippen MR) is 89.5 cm³/mol. The van der Waals surface area contributed by atoms with E-state index in [1.54, 1.807) is 18.2 Å². The normalized spacial score (nSPS) is 10.2. The van der Waals surface area contributed by atoms with E-state index < -0.39 is 11.9 Å². The third-order valence-corrected chi connectivity index (χ3v) is 3.33. The van der Waals surface area contributed by atoms with Crippen LogP contribution in [0.3, 0.4) is 0 Å². The molecule has 0 saturated carbocycles. The topological polar surface area (TPSA) is 68.5 Å². The van der Waals surface area contributed by atoms with Gasteiger partial charge in [0, 0.05) is 5.69 Å². The van der Waals surface area contributed by atoms with E-state index in [1.165, 1.54) is 12.3 Å². The zero-order chi connectivity index (χ0) is 16.8. The van der Waals surface area contributed by atoms with Crippen LogP contribution in [0.4, 0.5) is 5.69 Å². The molecule has 3 rings (SSSR count). The van der Waals surface area contributed by atoms with Gasteiger partial charge in [-0.25, -0.2) is 4.79 Å². The minimum atomic E-state index is -0.672. The molecule has 0 radical (unpaired) electrons. The molecule has 0 saturated heterocycles. The van der Waals surface area contributed by atoms with Crippen LogP contribution in [0.2, 0.25) is 0 Å². The highest BCUT2D eigenvalue weighted by Gasteiger charge is 2.12. The van der Waals surface area contributed by atoms with Gasteiger partial charge in [-0.15, -0.1) is 0 Å². The van der Waals surface area contributed by atoms with E-state index in [9.17, 15) is 9.59 Å². The Balaban J connectivity index is 1.54. The van der Waals surface area contributed by atoms with E-state index in [2.05, 4.69) is 5.32 Å². The molecule has 1 heterocycles. The molecule has 24 heavy (non-hydrogen) atoms. The Labute approximate surface area is 138 Å². The molecule has 3 aromatic rings. The van der Waals surface area contributed by atoms with Gasteiger partial charge in [-0.1, -0.05) is 42.5 Å². The summed E-state index contributed by atoms with van der Waals surface area (Å²) in [6.45, 7) is -0.375. The maximum absolute atomic E-state index is 11.8. The SMILES string of the molecule is O=C(COC(=O)c1ccco1)Nc1ccc(-c2ccccc2)cc1. The molecule has 1 amide bonds. The van der Waals surface area contributed by atoms with E-state index in [1.807, 2.05) is 42.5 Å².